The molecule has 38 heavy (non-hydrogen) atoms. The van der Waals surface area contributed by atoms with Gasteiger partial charge >= 0.3 is 15.6 Å². The Morgan fingerprint density at radius 3 is 2.08 bits per heavy atom. The number of aromatic nitrogens is 5. The Morgan fingerprint density at radius 2 is 1.45 bits per heavy atom. The monoisotopic (exact) mass is 583 g/mol. The molecule has 2 fully saturated rings. The topological polar surface area (TPSA) is 270 Å². The number of imidazole rings is 2. The second kappa shape index (κ2) is 10.2. The molecule has 10 unspecified atom stereocenters. The van der Waals surface area contributed by atoms with E-state index < -0.39 is 78.0 Å². The lowest BCUT2D eigenvalue weighted by Gasteiger charge is -2.20. The molecule has 19 nitrogen and oxygen atoms in total. The van der Waals surface area contributed by atoms with E-state index in [1.165, 1.54) is 17.2 Å². The van der Waals surface area contributed by atoms with Crippen molar-refractivity contribution >= 4 is 32.5 Å². The van der Waals surface area contributed by atoms with Gasteiger partial charge in [-0.2, -0.15) is 4.31 Å². The largest absolute Gasteiger partial charge is 0.481 e. The quantitative estimate of drug-likeness (QED) is 0.127. The molecule has 3 aromatic rings. The number of hydrogen-bond acceptors (Lipinski definition) is 15. The summed E-state index contributed by atoms with van der Waals surface area (Å²) in [5, 5.41) is 49.3. The van der Waals surface area contributed by atoms with Gasteiger partial charge < -0.3 is 44.8 Å². The number of phosphoric ester groups is 2. The van der Waals surface area contributed by atoms with Crippen LogP contribution >= 0.6 is 15.6 Å². The first-order valence-electron chi connectivity index (χ1n) is 10.9. The SMILES string of the molecule is O=P(O)(OCC1OC(O)C(O)C1O)OP(=O)(O)OCC1OC(n2cnc3c2ncn2ccnc32)C(O)C1O. The number of aliphatic hydroxyl groups excluding tert-OH is 5. The zero-order valence-electron chi connectivity index (χ0n) is 19.0. The molecule has 5 heterocycles. The molecule has 2 saturated heterocycles. The number of ether oxygens (including phenoxy) is 2. The third-order valence-electron chi connectivity index (χ3n) is 5.91. The fourth-order valence-electron chi connectivity index (χ4n) is 4.01. The molecule has 0 amide bonds. The van der Waals surface area contributed by atoms with Gasteiger partial charge in [0, 0.05) is 12.4 Å². The van der Waals surface area contributed by atoms with Crippen LogP contribution in [-0.2, 0) is 32.0 Å². The van der Waals surface area contributed by atoms with Gasteiger partial charge in [-0.1, -0.05) is 0 Å². The minimum absolute atomic E-state index is 0.271. The smallest absolute Gasteiger partial charge is 0.387 e. The summed E-state index contributed by atoms with van der Waals surface area (Å²) in [6.45, 7) is -1.77. The minimum Gasteiger partial charge on any atom is -0.387 e. The Kier molecular flexibility index (Phi) is 7.44. The predicted molar refractivity (Wildman–Crippen MR) is 118 cm³/mol. The predicted octanol–water partition coefficient (Wildman–Crippen LogP) is -2.61. The van der Waals surface area contributed by atoms with Crippen molar-refractivity contribution < 1.29 is 67.3 Å². The zero-order valence-corrected chi connectivity index (χ0v) is 20.7. The molecule has 2 aliphatic heterocycles. The lowest BCUT2D eigenvalue weighted by Crippen LogP contribution is -2.34. The van der Waals surface area contributed by atoms with Crippen molar-refractivity contribution in [1.29, 1.82) is 0 Å². The second-order valence-corrected chi connectivity index (χ2v) is 11.5. The van der Waals surface area contributed by atoms with E-state index in [0.717, 1.165) is 0 Å². The van der Waals surface area contributed by atoms with Crippen molar-refractivity contribution in [3.63, 3.8) is 0 Å². The summed E-state index contributed by atoms with van der Waals surface area (Å²) < 4.78 is 50.9. The molecule has 5 rings (SSSR count). The summed E-state index contributed by atoms with van der Waals surface area (Å²) in [7, 11) is -10.6. The van der Waals surface area contributed by atoms with Crippen LogP contribution in [0.15, 0.2) is 25.0 Å². The molecule has 0 bridgehead atoms. The Hall–Kier alpha value is -1.93. The average molecular weight is 583 g/mol. The maximum absolute atomic E-state index is 12.2. The Morgan fingerprint density at radius 1 is 0.816 bits per heavy atom. The van der Waals surface area contributed by atoms with E-state index in [1.54, 1.807) is 16.8 Å². The van der Waals surface area contributed by atoms with Gasteiger partial charge in [0.05, 0.1) is 19.5 Å². The highest BCUT2D eigenvalue weighted by molar-refractivity contribution is 7.61. The van der Waals surface area contributed by atoms with E-state index in [9.17, 15) is 44.4 Å². The lowest BCUT2D eigenvalue weighted by atomic mass is 10.1. The molecule has 10 atom stereocenters. The van der Waals surface area contributed by atoms with Crippen LogP contribution in [0.3, 0.4) is 0 Å². The van der Waals surface area contributed by atoms with Gasteiger partial charge in [-0.15, -0.1) is 0 Å². The molecule has 0 spiro atoms. The number of rotatable bonds is 9. The maximum atomic E-state index is 12.2. The van der Waals surface area contributed by atoms with Crippen molar-refractivity contribution in [2.75, 3.05) is 13.2 Å². The molecule has 3 aromatic heterocycles. The van der Waals surface area contributed by atoms with Crippen molar-refractivity contribution in [3.8, 4) is 0 Å². The van der Waals surface area contributed by atoms with Crippen LogP contribution in [0.2, 0.25) is 0 Å². The van der Waals surface area contributed by atoms with E-state index in [0.29, 0.717) is 11.2 Å². The first kappa shape index (κ1) is 27.6. The third kappa shape index (κ3) is 5.27. The van der Waals surface area contributed by atoms with Crippen LogP contribution in [0, 0.1) is 0 Å². The van der Waals surface area contributed by atoms with E-state index in [-0.39, 0.29) is 5.65 Å². The normalized spacial score (nSPS) is 35.1. The first-order chi connectivity index (χ1) is 17.9. The fourth-order valence-corrected chi connectivity index (χ4v) is 6.10. The Labute approximate surface area is 211 Å². The molecule has 2 aliphatic rings. The molecule has 0 aromatic carbocycles. The highest BCUT2D eigenvalue weighted by Gasteiger charge is 2.47. The lowest BCUT2D eigenvalue weighted by molar-refractivity contribution is -0.132. The van der Waals surface area contributed by atoms with Gasteiger partial charge in [0.1, 0.15) is 43.0 Å². The molecule has 7 N–H and O–H groups in total. The Bertz CT molecular complexity index is 1400. The van der Waals surface area contributed by atoms with Gasteiger partial charge in [-0.3, -0.25) is 18.0 Å². The highest BCUT2D eigenvalue weighted by Crippen LogP contribution is 2.60. The third-order valence-corrected chi connectivity index (χ3v) is 8.51. The number of phosphoric acid groups is 2. The summed E-state index contributed by atoms with van der Waals surface area (Å²) in [4.78, 5) is 32.2. The molecule has 21 heteroatoms. The number of aliphatic hydroxyl groups is 5. The second-order valence-electron chi connectivity index (χ2n) is 8.43. The Balaban J connectivity index is 1.19. The minimum atomic E-state index is -5.31. The molecule has 210 valence electrons. The number of hydrogen-bond donors (Lipinski definition) is 7. The summed E-state index contributed by atoms with van der Waals surface area (Å²) in [6, 6.07) is 0. The first-order valence-corrected chi connectivity index (χ1v) is 13.9. The van der Waals surface area contributed by atoms with E-state index in [4.69, 9.17) is 9.47 Å². The van der Waals surface area contributed by atoms with Gasteiger partial charge in [0.15, 0.2) is 29.3 Å². The van der Waals surface area contributed by atoms with Gasteiger partial charge in [-0.05, 0) is 0 Å². The molecular weight excluding hydrogens is 560 g/mol. The maximum Gasteiger partial charge on any atom is 0.481 e. The summed E-state index contributed by atoms with van der Waals surface area (Å²) in [5.74, 6) is 0. The van der Waals surface area contributed by atoms with Crippen LogP contribution in [0.5, 0.6) is 0 Å². The summed E-state index contributed by atoms with van der Waals surface area (Å²) in [6.07, 6.45) is -6.42. The van der Waals surface area contributed by atoms with Gasteiger partial charge in [0.25, 0.3) is 0 Å². The van der Waals surface area contributed by atoms with Crippen molar-refractivity contribution in [2.45, 2.75) is 49.1 Å². The van der Waals surface area contributed by atoms with Crippen molar-refractivity contribution in [1.82, 2.24) is 23.9 Å². The number of fused-ring (bicyclic) bond motifs is 3. The van der Waals surface area contributed by atoms with Crippen LogP contribution in [0.1, 0.15) is 6.23 Å². The number of nitrogens with zero attached hydrogens (tertiary/aromatic N) is 5. The van der Waals surface area contributed by atoms with Crippen LogP contribution < -0.4 is 0 Å². The van der Waals surface area contributed by atoms with Crippen LogP contribution in [-0.4, -0.2) is 115 Å². The average Bonchev–Trinajstić information content (AvgIpc) is 3.60. The van der Waals surface area contributed by atoms with Gasteiger partial charge in [-0.25, -0.2) is 24.1 Å². The highest BCUT2D eigenvalue weighted by atomic mass is 31.3. The van der Waals surface area contributed by atoms with E-state index in [1.807, 2.05) is 0 Å². The summed E-state index contributed by atoms with van der Waals surface area (Å²) >= 11 is 0. The van der Waals surface area contributed by atoms with Crippen molar-refractivity contribution in [3.05, 3.63) is 25.0 Å². The van der Waals surface area contributed by atoms with Crippen LogP contribution in [0.25, 0.3) is 16.8 Å². The molecule has 0 radical (unpaired) electrons. The fraction of sp³-hybridized carbons (Fsp3) is 0.588. The molecule has 0 aliphatic carbocycles. The summed E-state index contributed by atoms with van der Waals surface area (Å²) in [5.41, 5.74) is 1.14. The van der Waals surface area contributed by atoms with E-state index in [2.05, 4.69) is 28.3 Å². The molecule has 0 saturated carbocycles. The van der Waals surface area contributed by atoms with E-state index >= 15 is 0 Å². The zero-order chi connectivity index (χ0) is 27.4. The van der Waals surface area contributed by atoms with Crippen LogP contribution in [0.4, 0.5) is 0 Å². The standard InChI is InChI=1S/C17H23N5O14P2/c23-10-7(3-32-37(28,29)36-38(30,31)33-4-8-11(24)13(26)17(27)35-8)34-16(12(10)25)22-6-19-9-14-18-1-2-21(14)5-20-15(9)22/h1-2,5-8,10-13,16-17,23-27H,3-4H2,(H,28,29)(H,30,31). The van der Waals surface area contributed by atoms with Crippen molar-refractivity contribution in [2.24, 2.45) is 0 Å². The van der Waals surface area contributed by atoms with Gasteiger partial charge in [0.2, 0.25) is 0 Å². The molecular formula is C17H23N5O14P2.